The van der Waals surface area contributed by atoms with E-state index in [0.29, 0.717) is 5.69 Å². The third kappa shape index (κ3) is 3.19. The van der Waals surface area contributed by atoms with Crippen LogP contribution in [-0.4, -0.2) is 32.3 Å². The van der Waals surface area contributed by atoms with Crippen LogP contribution < -0.4 is 0 Å². The summed E-state index contributed by atoms with van der Waals surface area (Å²) in [4.78, 5) is 28.9. The number of carbonyl (C=O) groups excluding carboxylic acids is 1. The van der Waals surface area contributed by atoms with Gasteiger partial charge in [-0.3, -0.25) is 4.79 Å². The Kier molecular flexibility index (Phi) is 4.57. The zero-order valence-electron chi connectivity index (χ0n) is 15.1. The molecule has 1 N–H and O–H groups in total. The fourth-order valence-electron chi connectivity index (χ4n) is 3.65. The van der Waals surface area contributed by atoms with E-state index in [9.17, 15) is 4.79 Å². The summed E-state index contributed by atoms with van der Waals surface area (Å²) in [5.74, 6) is 0.848. The molecular formula is C20H17BrN4OS2. The molecule has 0 radical (unpaired) electrons. The van der Waals surface area contributed by atoms with E-state index in [2.05, 4.69) is 45.0 Å². The average molecular weight is 473 g/mol. The number of halogens is 1. The van der Waals surface area contributed by atoms with Crippen molar-refractivity contribution in [3.63, 3.8) is 0 Å². The molecule has 0 aliphatic carbocycles. The summed E-state index contributed by atoms with van der Waals surface area (Å²) in [5, 5.41) is 4.77. The minimum absolute atomic E-state index is 0.0164. The number of nitrogens with one attached hydrogen (secondary N) is 1. The van der Waals surface area contributed by atoms with Gasteiger partial charge in [-0.05, 0) is 59.5 Å². The third-order valence-electron chi connectivity index (χ3n) is 4.99. The zero-order chi connectivity index (χ0) is 19.3. The van der Waals surface area contributed by atoms with Gasteiger partial charge in [0.25, 0.3) is 5.91 Å². The maximum absolute atomic E-state index is 13.2. The standard InChI is InChI=1S/C20H17BrN4OS2/c1-11-4-5-13-14(7-11)23-18(22-13)16-3-2-6-25(16)20(26)15-10-28-19(24-15)17-8-12(21)9-27-17/h4-5,7-10,16H,2-3,6H2,1H3,(H,22,23). The number of fused-ring (bicyclic) bond motifs is 1. The van der Waals surface area contributed by atoms with E-state index < -0.39 is 0 Å². The number of hydrogen-bond acceptors (Lipinski definition) is 5. The van der Waals surface area contributed by atoms with Crippen LogP contribution in [0.4, 0.5) is 0 Å². The number of thiophene rings is 1. The minimum Gasteiger partial charge on any atom is -0.340 e. The van der Waals surface area contributed by atoms with E-state index in [4.69, 9.17) is 4.98 Å². The van der Waals surface area contributed by atoms with Gasteiger partial charge in [0.15, 0.2) is 0 Å². The van der Waals surface area contributed by atoms with E-state index in [-0.39, 0.29) is 11.9 Å². The van der Waals surface area contributed by atoms with Crippen molar-refractivity contribution in [3.8, 4) is 9.88 Å². The van der Waals surface area contributed by atoms with Gasteiger partial charge >= 0.3 is 0 Å². The number of thiazole rings is 1. The van der Waals surface area contributed by atoms with Crippen molar-refractivity contribution < 1.29 is 4.79 Å². The Morgan fingerprint density at radius 3 is 2.96 bits per heavy atom. The molecule has 4 heterocycles. The number of H-pyrrole nitrogens is 1. The van der Waals surface area contributed by atoms with Gasteiger partial charge in [0.05, 0.1) is 22.0 Å². The normalized spacial score (nSPS) is 16.9. The maximum atomic E-state index is 13.2. The summed E-state index contributed by atoms with van der Waals surface area (Å²) in [6.45, 7) is 2.80. The van der Waals surface area contributed by atoms with Crippen LogP contribution in [0.5, 0.6) is 0 Å². The first-order valence-electron chi connectivity index (χ1n) is 9.05. The molecule has 4 aromatic rings. The summed E-state index contributed by atoms with van der Waals surface area (Å²) >= 11 is 6.61. The SMILES string of the molecule is Cc1ccc2nc(C3CCCN3C(=O)c3csc(-c4cc(Br)cs4)n3)[nH]c2c1. The number of aromatic amines is 1. The van der Waals surface area contributed by atoms with Crippen LogP contribution in [0.25, 0.3) is 20.9 Å². The monoisotopic (exact) mass is 472 g/mol. The second-order valence-corrected chi connectivity index (χ2v) is 9.65. The molecule has 5 nitrogen and oxygen atoms in total. The van der Waals surface area contributed by atoms with Gasteiger partial charge in [-0.15, -0.1) is 22.7 Å². The highest BCUT2D eigenvalue weighted by Gasteiger charge is 2.33. The highest BCUT2D eigenvalue weighted by Crippen LogP contribution is 2.35. The number of imidazole rings is 1. The Morgan fingerprint density at radius 2 is 2.14 bits per heavy atom. The van der Waals surface area contributed by atoms with Gasteiger partial charge in [0.1, 0.15) is 16.5 Å². The first-order chi connectivity index (χ1) is 13.6. The predicted molar refractivity (Wildman–Crippen MR) is 117 cm³/mol. The summed E-state index contributed by atoms with van der Waals surface area (Å²) in [7, 11) is 0. The van der Waals surface area contributed by atoms with Crippen LogP contribution >= 0.6 is 38.6 Å². The van der Waals surface area contributed by atoms with Crippen molar-refractivity contribution in [1.82, 2.24) is 19.9 Å². The number of aryl methyl sites for hydroxylation is 1. The average Bonchev–Trinajstić information content (AvgIpc) is 3.45. The lowest BCUT2D eigenvalue weighted by atomic mass is 10.2. The Labute approximate surface area is 178 Å². The molecule has 1 aliphatic heterocycles. The van der Waals surface area contributed by atoms with Gasteiger partial charge in [0.2, 0.25) is 0 Å². The molecule has 0 spiro atoms. The fraction of sp³-hybridized carbons (Fsp3) is 0.250. The number of likely N-dealkylation sites (tertiary alicyclic amines) is 1. The summed E-state index contributed by atoms with van der Waals surface area (Å²) in [6.07, 6.45) is 1.89. The van der Waals surface area contributed by atoms with Gasteiger partial charge in [0, 0.05) is 21.8 Å². The summed E-state index contributed by atoms with van der Waals surface area (Å²) in [5.41, 5.74) is 3.67. The van der Waals surface area contributed by atoms with Crippen molar-refractivity contribution in [2.75, 3.05) is 6.54 Å². The van der Waals surface area contributed by atoms with Gasteiger partial charge in [-0.25, -0.2) is 9.97 Å². The van der Waals surface area contributed by atoms with Crippen LogP contribution in [0.1, 0.15) is 40.8 Å². The maximum Gasteiger partial charge on any atom is 0.273 e. The molecular weight excluding hydrogens is 456 g/mol. The number of rotatable bonds is 3. The molecule has 1 unspecified atom stereocenters. The number of carbonyl (C=O) groups is 1. The molecule has 3 aromatic heterocycles. The minimum atomic E-state index is -0.0266. The van der Waals surface area contributed by atoms with E-state index >= 15 is 0 Å². The quantitative estimate of drug-likeness (QED) is 0.409. The van der Waals surface area contributed by atoms with Crippen molar-refractivity contribution >= 4 is 55.5 Å². The second-order valence-electron chi connectivity index (χ2n) is 6.97. The van der Waals surface area contributed by atoms with Crippen LogP contribution in [-0.2, 0) is 0 Å². The van der Waals surface area contributed by atoms with Crippen molar-refractivity contribution in [2.24, 2.45) is 0 Å². The molecule has 8 heteroatoms. The fourth-order valence-corrected chi connectivity index (χ4v) is 5.95. The van der Waals surface area contributed by atoms with E-state index in [1.165, 1.54) is 16.9 Å². The highest BCUT2D eigenvalue weighted by atomic mass is 79.9. The van der Waals surface area contributed by atoms with E-state index in [1.807, 2.05) is 27.8 Å². The molecule has 0 saturated carbocycles. The molecule has 1 aliphatic rings. The lowest BCUT2D eigenvalue weighted by Crippen LogP contribution is -2.31. The molecule has 1 saturated heterocycles. The Bertz CT molecular complexity index is 1180. The molecule has 1 atom stereocenters. The Hall–Kier alpha value is -2.03. The van der Waals surface area contributed by atoms with Gasteiger partial charge in [-0.1, -0.05) is 6.07 Å². The number of nitrogens with zero attached hydrogens (tertiary/aromatic N) is 3. The number of hydrogen-bond donors (Lipinski definition) is 1. The topological polar surface area (TPSA) is 61.9 Å². The van der Waals surface area contributed by atoms with E-state index in [1.54, 1.807) is 11.3 Å². The molecule has 28 heavy (non-hydrogen) atoms. The van der Waals surface area contributed by atoms with Crippen LogP contribution in [0, 0.1) is 6.92 Å². The first-order valence-corrected chi connectivity index (χ1v) is 11.6. The Morgan fingerprint density at radius 1 is 1.25 bits per heavy atom. The van der Waals surface area contributed by atoms with Gasteiger partial charge < -0.3 is 9.88 Å². The predicted octanol–water partition coefficient (Wildman–Crippen LogP) is 5.80. The lowest BCUT2D eigenvalue weighted by Gasteiger charge is -2.22. The summed E-state index contributed by atoms with van der Waals surface area (Å²) in [6, 6.07) is 8.19. The second kappa shape index (κ2) is 7.09. The smallest absolute Gasteiger partial charge is 0.273 e. The van der Waals surface area contributed by atoms with Crippen molar-refractivity contribution in [2.45, 2.75) is 25.8 Å². The third-order valence-corrected chi connectivity index (χ3v) is 7.69. The Balaban J connectivity index is 1.43. The molecule has 5 rings (SSSR count). The van der Waals surface area contributed by atoms with Crippen LogP contribution in [0.3, 0.4) is 0 Å². The van der Waals surface area contributed by atoms with Crippen molar-refractivity contribution in [1.29, 1.82) is 0 Å². The molecule has 1 amide bonds. The first kappa shape index (κ1) is 18.0. The molecule has 142 valence electrons. The van der Waals surface area contributed by atoms with Crippen molar-refractivity contribution in [3.05, 3.63) is 56.6 Å². The van der Waals surface area contributed by atoms with Crippen LogP contribution in [0.2, 0.25) is 0 Å². The highest BCUT2D eigenvalue weighted by molar-refractivity contribution is 9.10. The molecule has 0 bridgehead atoms. The number of amides is 1. The largest absolute Gasteiger partial charge is 0.340 e. The van der Waals surface area contributed by atoms with Crippen LogP contribution in [0.15, 0.2) is 39.5 Å². The molecule has 1 aromatic carbocycles. The molecule has 1 fully saturated rings. The number of benzene rings is 1. The van der Waals surface area contributed by atoms with Gasteiger partial charge in [-0.2, -0.15) is 0 Å². The lowest BCUT2D eigenvalue weighted by molar-refractivity contribution is 0.0725. The summed E-state index contributed by atoms with van der Waals surface area (Å²) < 4.78 is 1.04. The zero-order valence-corrected chi connectivity index (χ0v) is 18.3. The number of aromatic nitrogens is 3. The van der Waals surface area contributed by atoms with E-state index in [0.717, 1.165) is 50.6 Å².